The Hall–Kier alpha value is -0.380. The highest BCUT2D eigenvalue weighted by Crippen LogP contribution is 2.18. The number of rotatable bonds is 11. The van der Waals surface area contributed by atoms with E-state index < -0.39 is 0 Å². The summed E-state index contributed by atoms with van der Waals surface area (Å²) in [5.74, 6) is 0.880. The third-order valence-corrected chi connectivity index (χ3v) is 4.74. The van der Waals surface area contributed by atoms with E-state index in [1.807, 2.05) is 11.3 Å². The lowest BCUT2D eigenvalue weighted by atomic mass is 10.3. The van der Waals surface area contributed by atoms with Crippen LogP contribution < -0.4 is 10.6 Å². The molecule has 1 aromatic rings. The number of hydrogen-bond donors (Lipinski definition) is 2. The summed E-state index contributed by atoms with van der Waals surface area (Å²) >= 11 is 4.20. The fourth-order valence-corrected chi connectivity index (χ4v) is 3.49. The average Bonchev–Trinajstić information content (AvgIpc) is 2.92. The monoisotopic (exact) mass is 439 g/mol. The van der Waals surface area contributed by atoms with Gasteiger partial charge in [-0.1, -0.05) is 0 Å². The first-order chi connectivity index (χ1) is 10.8. The molecule has 0 radical (unpaired) electrons. The lowest BCUT2D eigenvalue weighted by Gasteiger charge is -2.10. The second-order valence-corrected chi connectivity index (χ2v) is 7.66. The van der Waals surface area contributed by atoms with Gasteiger partial charge >= 0.3 is 0 Å². The van der Waals surface area contributed by atoms with Crippen LogP contribution in [0.1, 0.15) is 18.2 Å². The van der Waals surface area contributed by atoms with Crippen molar-refractivity contribution < 1.29 is 9.47 Å². The van der Waals surface area contributed by atoms with Gasteiger partial charge in [0.05, 0.1) is 16.1 Å². The summed E-state index contributed by atoms with van der Waals surface area (Å²) in [5, 5.41) is 6.64. The number of nitrogens with one attached hydrogen (secondary N) is 2. The first kappa shape index (κ1) is 19.7. The summed E-state index contributed by atoms with van der Waals surface area (Å²) in [6.07, 6.45) is 1.95. The van der Waals surface area contributed by atoms with Gasteiger partial charge in [0, 0.05) is 38.2 Å². The molecular weight excluding hydrogens is 413 g/mol. The molecule has 1 aromatic heterocycles. The summed E-state index contributed by atoms with van der Waals surface area (Å²) in [6, 6.07) is 4.35. The highest BCUT2D eigenvalue weighted by atomic mass is 127. The van der Waals surface area contributed by atoms with Crippen molar-refractivity contribution in [1.29, 1.82) is 0 Å². The van der Waals surface area contributed by atoms with E-state index in [1.54, 1.807) is 7.11 Å². The summed E-state index contributed by atoms with van der Waals surface area (Å²) < 4.78 is 11.7. The molecule has 126 valence electrons. The van der Waals surface area contributed by atoms with Crippen LogP contribution in [0.25, 0.3) is 0 Å². The number of nitrogens with zero attached hydrogens (tertiary/aromatic N) is 1. The van der Waals surface area contributed by atoms with Gasteiger partial charge in [0.1, 0.15) is 0 Å². The highest BCUT2D eigenvalue weighted by Gasteiger charge is 2.00. The lowest BCUT2D eigenvalue weighted by Crippen LogP contribution is -2.38. The Morgan fingerprint density at radius 3 is 2.82 bits per heavy atom. The van der Waals surface area contributed by atoms with Gasteiger partial charge in [-0.05, 0) is 54.5 Å². The zero-order valence-electron chi connectivity index (χ0n) is 13.4. The van der Waals surface area contributed by atoms with Crippen molar-refractivity contribution in [2.45, 2.75) is 19.8 Å². The van der Waals surface area contributed by atoms with Crippen LogP contribution in [0.15, 0.2) is 17.1 Å². The maximum atomic E-state index is 5.42. The maximum absolute atomic E-state index is 5.42. The zero-order valence-corrected chi connectivity index (χ0v) is 16.3. The third kappa shape index (κ3) is 9.60. The topological polar surface area (TPSA) is 54.9 Å². The van der Waals surface area contributed by atoms with Crippen LogP contribution >= 0.6 is 33.9 Å². The highest BCUT2D eigenvalue weighted by molar-refractivity contribution is 14.1. The average molecular weight is 439 g/mol. The van der Waals surface area contributed by atoms with Crippen molar-refractivity contribution in [1.82, 2.24) is 10.6 Å². The minimum Gasteiger partial charge on any atom is -0.382 e. The molecule has 0 atom stereocenters. The van der Waals surface area contributed by atoms with Gasteiger partial charge in [-0.15, -0.1) is 11.3 Å². The number of aliphatic imine (C=N–C) groups is 1. The Morgan fingerprint density at radius 1 is 1.27 bits per heavy atom. The van der Waals surface area contributed by atoms with E-state index in [4.69, 9.17) is 9.47 Å². The molecule has 0 saturated carbocycles. The van der Waals surface area contributed by atoms with Gasteiger partial charge in [-0.25, -0.2) is 0 Å². The van der Waals surface area contributed by atoms with E-state index in [-0.39, 0.29) is 0 Å². The molecule has 1 heterocycles. The molecule has 0 amide bonds. The molecule has 2 N–H and O–H groups in total. The number of thiophene rings is 1. The van der Waals surface area contributed by atoms with Crippen molar-refractivity contribution in [2.24, 2.45) is 4.99 Å². The summed E-state index contributed by atoms with van der Waals surface area (Å²) in [5.41, 5.74) is 0. The maximum Gasteiger partial charge on any atom is 0.191 e. The summed E-state index contributed by atoms with van der Waals surface area (Å²) in [4.78, 5) is 5.95. The molecule has 5 nitrogen and oxygen atoms in total. The Balaban J connectivity index is 2.18. The third-order valence-electron chi connectivity index (χ3n) is 2.79. The van der Waals surface area contributed by atoms with Crippen molar-refractivity contribution in [3.63, 3.8) is 0 Å². The molecule has 7 heteroatoms. The molecule has 0 bridgehead atoms. The molecule has 22 heavy (non-hydrogen) atoms. The van der Waals surface area contributed by atoms with E-state index in [0.29, 0.717) is 13.2 Å². The number of methoxy groups -OCH3 is 1. The van der Waals surface area contributed by atoms with E-state index in [0.717, 1.165) is 45.0 Å². The predicted molar refractivity (Wildman–Crippen MR) is 102 cm³/mol. The molecule has 0 spiro atoms. The van der Waals surface area contributed by atoms with Gasteiger partial charge in [-0.2, -0.15) is 0 Å². The van der Waals surface area contributed by atoms with E-state index in [1.165, 1.54) is 7.76 Å². The number of ether oxygens (including phenoxy) is 2. The second kappa shape index (κ2) is 13.1. The molecule has 0 aromatic carbocycles. The molecule has 0 aliphatic heterocycles. The van der Waals surface area contributed by atoms with Gasteiger partial charge in [0.15, 0.2) is 5.96 Å². The van der Waals surface area contributed by atoms with Crippen molar-refractivity contribution >= 4 is 39.9 Å². The minimum atomic E-state index is 0.648. The van der Waals surface area contributed by atoms with E-state index in [9.17, 15) is 0 Å². The van der Waals surface area contributed by atoms with Crippen LogP contribution in [0.4, 0.5) is 0 Å². The molecule has 0 unspecified atom stereocenters. The summed E-state index contributed by atoms with van der Waals surface area (Å²) in [6.45, 7) is 6.62. The van der Waals surface area contributed by atoms with Crippen LogP contribution in [0.5, 0.6) is 0 Å². The molecule has 0 aliphatic rings. The van der Waals surface area contributed by atoms with Crippen LogP contribution in [0, 0.1) is 2.88 Å². The minimum absolute atomic E-state index is 0.648. The Morgan fingerprint density at radius 2 is 2.14 bits per heavy atom. The quantitative estimate of drug-likeness (QED) is 0.241. The Labute approximate surface area is 151 Å². The van der Waals surface area contributed by atoms with Crippen LogP contribution in [0.3, 0.4) is 0 Å². The van der Waals surface area contributed by atoms with Crippen molar-refractivity contribution in [3.8, 4) is 0 Å². The summed E-state index contributed by atoms with van der Waals surface area (Å²) in [7, 11) is 1.68. The van der Waals surface area contributed by atoms with Gasteiger partial charge in [-0.3, -0.25) is 4.99 Å². The molecule has 1 rings (SSSR count). The number of guanidine groups is 1. The van der Waals surface area contributed by atoms with Crippen molar-refractivity contribution in [2.75, 3.05) is 46.6 Å². The van der Waals surface area contributed by atoms with Crippen LogP contribution in [-0.2, 0) is 15.9 Å². The van der Waals surface area contributed by atoms with Gasteiger partial charge in [0.2, 0.25) is 0 Å². The number of hydrogen-bond acceptors (Lipinski definition) is 4. The Kier molecular flexibility index (Phi) is 11.7. The fourth-order valence-electron chi connectivity index (χ4n) is 1.73. The van der Waals surface area contributed by atoms with Crippen LogP contribution in [0.2, 0.25) is 0 Å². The molecule has 0 saturated heterocycles. The second-order valence-electron chi connectivity index (χ2n) is 4.60. The normalized spacial score (nSPS) is 11.7. The SMILES string of the molecule is CCNC(=NCCCOCCOC)NCCc1ccc(I)s1. The van der Waals surface area contributed by atoms with E-state index >= 15 is 0 Å². The first-order valence-corrected chi connectivity index (χ1v) is 9.49. The predicted octanol–water partition coefficient (Wildman–Crippen LogP) is 2.50. The largest absolute Gasteiger partial charge is 0.382 e. The smallest absolute Gasteiger partial charge is 0.191 e. The Bertz CT molecular complexity index is 427. The standard InChI is InChI=1S/C15H26IN3O2S/c1-3-17-15(18-8-4-10-21-12-11-20-2)19-9-7-13-5-6-14(16)22-13/h5-6H,3-4,7-12H2,1-2H3,(H2,17,18,19). The first-order valence-electron chi connectivity index (χ1n) is 7.59. The van der Waals surface area contributed by atoms with Crippen LogP contribution in [-0.4, -0.2) is 52.5 Å². The lowest BCUT2D eigenvalue weighted by molar-refractivity contribution is 0.0702. The van der Waals surface area contributed by atoms with E-state index in [2.05, 4.69) is 57.3 Å². The molecular formula is C15H26IN3O2S. The fraction of sp³-hybridized carbons (Fsp3) is 0.667. The van der Waals surface area contributed by atoms with Gasteiger partial charge < -0.3 is 20.1 Å². The number of halogens is 1. The van der Waals surface area contributed by atoms with Crippen molar-refractivity contribution in [3.05, 3.63) is 19.9 Å². The zero-order chi connectivity index (χ0) is 16.0. The molecule has 0 fully saturated rings. The molecule has 0 aliphatic carbocycles. The van der Waals surface area contributed by atoms with Gasteiger partial charge in [0.25, 0.3) is 0 Å².